The van der Waals surface area contributed by atoms with Gasteiger partial charge in [0.25, 0.3) is 0 Å². The minimum absolute atomic E-state index is 0.481. The summed E-state index contributed by atoms with van der Waals surface area (Å²) in [4.78, 5) is 20.9. The fraction of sp³-hybridized carbons (Fsp3) is 0.222. The van der Waals surface area contributed by atoms with Gasteiger partial charge in [-0.2, -0.15) is 9.97 Å². The van der Waals surface area contributed by atoms with E-state index < -0.39 is 0 Å². The van der Waals surface area contributed by atoms with Crippen LogP contribution in [0.3, 0.4) is 0 Å². The Hall–Kier alpha value is -3.22. The predicted molar refractivity (Wildman–Crippen MR) is 98.0 cm³/mol. The Morgan fingerprint density at radius 2 is 2.04 bits per heavy atom. The highest BCUT2D eigenvalue weighted by molar-refractivity contribution is 5.85. The van der Waals surface area contributed by atoms with E-state index >= 15 is 0 Å². The van der Waals surface area contributed by atoms with Crippen LogP contribution in [0, 0.1) is 0 Å². The maximum atomic E-state index is 4.64. The van der Waals surface area contributed by atoms with Gasteiger partial charge in [0.15, 0.2) is 11.5 Å². The van der Waals surface area contributed by atoms with E-state index in [9.17, 15) is 0 Å². The number of benzene rings is 1. The highest BCUT2D eigenvalue weighted by atomic mass is 15.2. The molecule has 124 valence electrons. The number of imidazole rings is 1. The highest BCUT2D eigenvalue weighted by Gasteiger charge is 2.20. The van der Waals surface area contributed by atoms with Crippen LogP contribution in [0.25, 0.3) is 22.1 Å². The second-order valence-electron chi connectivity index (χ2n) is 6.30. The second-order valence-corrected chi connectivity index (χ2v) is 6.30. The summed E-state index contributed by atoms with van der Waals surface area (Å²) in [6.45, 7) is 0. The van der Waals surface area contributed by atoms with E-state index in [1.807, 2.05) is 30.3 Å². The van der Waals surface area contributed by atoms with E-state index in [1.54, 1.807) is 12.5 Å². The third kappa shape index (κ3) is 2.63. The molecule has 25 heavy (non-hydrogen) atoms. The van der Waals surface area contributed by atoms with Gasteiger partial charge in [-0.3, -0.25) is 4.98 Å². The van der Waals surface area contributed by atoms with Crippen molar-refractivity contribution in [3.8, 4) is 0 Å². The van der Waals surface area contributed by atoms with E-state index in [-0.39, 0.29) is 0 Å². The third-order valence-electron chi connectivity index (χ3n) is 4.58. The molecule has 4 aromatic rings. The number of fused-ring (bicyclic) bond motifs is 2. The van der Waals surface area contributed by atoms with Gasteiger partial charge in [0.1, 0.15) is 5.52 Å². The summed E-state index contributed by atoms with van der Waals surface area (Å²) >= 11 is 0. The number of nitrogens with zero attached hydrogens (tertiary/aromatic N) is 4. The molecule has 1 aromatic carbocycles. The van der Waals surface area contributed by atoms with Crippen molar-refractivity contribution in [1.29, 1.82) is 0 Å². The fourth-order valence-corrected chi connectivity index (χ4v) is 3.02. The van der Waals surface area contributed by atoms with Crippen molar-refractivity contribution in [2.75, 3.05) is 10.6 Å². The van der Waals surface area contributed by atoms with Crippen LogP contribution in [-0.4, -0.2) is 31.0 Å². The van der Waals surface area contributed by atoms with Gasteiger partial charge >= 0.3 is 0 Å². The van der Waals surface area contributed by atoms with E-state index in [1.165, 1.54) is 19.3 Å². The molecule has 0 aliphatic heterocycles. The topological polar surface area (TPSA) is 91.4 Å². The Morgan fingerprint density at radius 1 is 1.08 bits per heavy atom. The van der Waals surface area contributed by atoms with Crippen LogP contribution in [0.1, 0.15) is 19.3 Å². The van der Waals surface area contributed by atoms with Gasteiger partial charge in [-0.05, 0) is 43.5 Å². The molecule has 3 aromatic heterocycles. The molecule has 0 atom stereocenters. The smallest absolute Gasteiger partial charge is 0.231 e. The molecule has 3 N–H and O–H groups in total. The normalized spacial score (nSPS) is 14.6. The van der Waals surface area contributed by atoms with Crippen molar-refractivity contribution in [1.82, 2.24) is 24.9 Å². The van der Waals surface area contributed by atoms with Crippen LogP contribution in [0.2, 0.25) is 0 Å². The maximum Gasteiger partial charge on any atom is 0.231 e. The molecule has 7 nitrogen and oxygen atoms in total. The number of hydrogen-bond donors (Lipinski definition) is 3. The van der Waals surface area contributed by atoms with Gasteiger partial charge in [0.2, 0.25) is 5.95 Å². The number of pyridine rings is 1. The van der Waals surface area contributed by atoms with Crippen molar-refractivity contribution in [2.24, 2.45) is 0 Å². The molecule has 7 heteroatoms. The third-order valence-corrected chi connectivity index (χ3v) is 4.58. The van der Waals surface area contributed by atoms with Crippen molar-refractivity contribution in [3.63, 3.8) is 0 Å². The molecule has 0 amide bonds. The highest BCUT2D eigenvalue weighted by Crippen LogP contribution is 2.27. The summed E-state index contributed by atoms with van der Waals surface area (Å²) in [5, 5.41) is 7.84. The van der Waals surface area contributed by atoms with Crippen LogP contribution >= 0.6 is 0 Å². The Bertz CT molecular complexity index is 1050. The summed E-state index contributed by atoms with van der Waals surface area (Å²) < 4.78 is 0. The Balaban J connectivity index is 1.50. The van der Waals surface area contributed by atoms with Crippen LogP contribution in [0.5, 0.6) is 0 Å². The quantitative estimate of drug-likeness (QED) is 0.529. The molecular formula is C18H17N7. The molecule has 1 saturated carbocycles. The lowest BCUT2D eigenvalue weighted by Crippen LogP contribution is -2.27. The molecule has 0 saturated heterocycles. The zero-order valence-electron chi connectivity index (χ0n) is 13.5. The first kappa shape index (κ1) is 14.2. The van der Waals surface area contributed by atoms with Crippen LogP contribution < -0.4 is 10.6 Å². The minimum Gasteiger partial charge on any atom is -0.365 e. The first-order valence-electron chi connectivity index (χ1n) is 8.45. The molecule has 0 bridgehead atoms. The van der Waals surface area contributed by atoms with Crippen LogP contribution in [0.4, 0.5) is 17.5 Å². The van der Waals surface area contributed by atoms with E-state index in [2.05, 4.69) is 35.6 Å². The van der Waals surface area contributed by atoms with Crippen molar-refractivity contribution >= 4 is 39.5 Å². The number of rotatable bonds is 4. The predicted octanol–water partition coefficient (Wildman–Crippen LogP) is 3.61. The van der Waals surface area contributed by atoms with Gasteiger partial charge in [-0.15, -0.1) is 0 Å². The summed E-state index contributed by atoms with van der Waals surface area (Å²) in [5.41, 5.74) is 3.39. The van der Waals surface area contributed by atoms with Crippen LogP contribution in [0.15, 0.2) is 42.9 Å². The first-order chi connectivity index (χ1) is 12.3. The van der Waals surface area contributed by atoms with Crippen molar-refractivity contribution in [2.45, 2.75) is 25.3 Å². The lowest BCUT2D eigenvalue weighted by molar-refractivity contribution is 0.445. The monoisotopic (exact) mass is 331 g/mol. The fourth-order valence-electron chi connectivity index (χ4n) is 3.02. The summed E-state index contributed by atoms with van der Waals surface area (Å²) in [5.74, 6) is 1.32. The van der Waals surface area contributed by atoms with Gasteiger partial charge in [-0.25, -0.2) is 4.98 Å². The van der Waals surface area contributed by atoms with Crippen molar-refractivity contribution in [3.05, 3.63) is 42.9 Å². The SMILES string of the molecule is c1cnc2ccc(Nc3nc(NC4CCC4)c4nc[nH]c4n3)cc2c1. The molecule has 0 radical (unpaired) electrons. The number of nitrogens with one attached hydrogen (secondary N) is 3. The molecule has 1 fully saturated rings. The number of aromatic amines is 1. The average molecular weight is 331 g/mol. The Labute approximate surface area is 143 Å². The first-order valence-corrected chi connectivity index (χ1v) is 8.45. The second kappa shape index (κ2) is 5.70. The maximum absolute atomic E-state index is 4.64. The molecule has 5 rings (SSSR count). The molecular weight excluding hydrogens is 314 g/mol. The minimum atomic E-state index is 0.481. The Morgan fingerprint density at radius 3 is 2.92 bits per heavy atom. The number of hydrogen-bond acceptors (Lipinski definition) is 6. The van der Waals surface area contributed by atoms with Gasteiger partial charge < -0.3 is 15.6 Å². The summed E-state index contributed by atoms with van der Waals surface area (Å²) in [7, 11) is 0. The lowest BCUT2D eigenvalue weighted by atomic mass is 9.93. The number of aromatic nitrogens is 5. The lowest BCUT2D eigenvalue weighted by Gasteiger charge is -2.27. The van der Waals surface area contributed by atoms with Gasteiger partial charge in [0.05, 0.1) is 11.8 Å². The molecule has 0 unspecified atom stereocenters. The van der Waals surface area contributed by atoms with Gasteiger partial charge in [0, 0.05) is 23.3 Å². The molecule has 3 heterocycles. The van der Waals surface area contributed by atoms with Crippen LogP contribution in [-0.2, 0) is 0 Å². The molecule has 1 aliphatic rings. The summed E-state index contributed by atoms with van der Waals surface area (Å²) in [6, 6.07) is 10.5. The van der Waals surface area contributed by atoms with Gasteiger partial charge in [-0.1, -0.05) is 6.07 Å². The van der Waals surface area contributed by atoms with E-state index in [0.29, 0.717) is 12.0 Å². The molecule has 0 spiro atoms. The molecule has 1 aliphatic carbocycles. The largest absolute Gasteiger partial charge is 0.365 e. The van der Waals surface area contributed by atoms with E-state index in [0.717, 1.165) is 33.6 Å². The average Bonchev–Trinajstić information content (AvgIpc) is 3.06. The summed E-state index contributed by atoms with van der Waals surface area (Å²) in [6.07, 6.45) is 7.06. The Kier molecular flexibility index (Phi) is 3.22. The number of anilines is 3. The zero-order valence-corrected chi connectivity index (χ0v) is 13.5. The van der Waals surface area contributed by atoms with Crippen molar-refractivity contribution < 1.29 is 0 Å². The van der Waals surface area contributed by atoms with E-state index in [4.69, 9.17) is 0 Å². The standard InChI is InChI=1S/C18H17N7/c1-4-12(5-1)22-17-15-16(21-10-20-15)24-18(25-17)23-13-6-7-14-11(9-13)3-2-8-19-14/h2-3,6-10,12H,1,4-5H2,(H3,20,21,22,23,24,25). The zero-order chi connectivity index (χ0) is 16.6. The number of H-pyrrole nitrogens is 1.